The van der Waals surface area contributed by atoms with Crippen LogP contribution in [-0.2, 0) is 0 Å². The first-order chi connectivity index (χ1) is 69.5. The molecule has 0 saturated carbocycles. The normalized spacial score (nSPS) is 11.6. The van der Waals surface area contributed by atoms with Crippen molar-refractivity contribution in [3.63, 3.8) is 0 Å². The second-order valence-corrected chi connectivity index (χ2v) is 36.9. The predicted octanol–water partition coefficient (Wildman–Crippen LogP) is 39.5. The number of hydrogen-bond donors (Lipinski definition) is 0. The largest absolute Gasteiger partial charge is 0.0622 e. The van der Waals surface area contributed by atoms with Crippen LogP contribution in [0.4, 0.5) is 0 Å². The zero-order valence-corrected chi connectivity index (χ0v) is 77.0. The fraction of sp³-hybridized carbons (Fsp3) is 0. The minimum Gasteiger partial charge on any atom is -0.0622 e. The van der Waals surface area contributed by atoms with Crippen LogP contribution in [0.5, 0.6) is 0 Å². The monoisotopic (exact) mass is 1770 g/mol. The fourth-order valence-corrected chi connectivity index (χ4v) is 22.8. The summed E-state index contributed by atoms with van der Waals surface area (Å²) in [5.41, 5.74) is 30.0. The van der Waals surface area contributed by atoms with Crippen LogP contribution in [0.2, 0.25) is 0 Å². The Kier molecular flexibility index (Phi) is 20.8. The van der Waals surface area contributed by atoms with Gasteiger partial charge in [-0.3, -0.25) is 0 Å². The smallest absolute Gasteiger partial charge is 0.00201 e. The summed E-state index contributed by atoms with van der Waals surface area (Å²) in [6.07, 6.45) is 0. The van der Waals surface area contributed by atoms with E-state index >= 15 is 0 Å². The van der Waals surface area contributed by atoms with E-state index in [0.717, 1.165) is 0 Å². The molecule has 0 aromatic heterocycles. The van der Waals surface area contributed by atoms with Crippen molar-refractivity contribution in [1.29, 1.82) is 0 Å². The SMILES string of the molecule is c1ccc(-c2cccc(-c3c4ccccc4c(-c4ccc(-c5cc6ccccc6c6ccccc56)cc4)c4ccccc34)c2)cc1.c1ccc(-c2cccc(-c3c4ccccc4c(-c4cccc(-c5cc6ccccc6c6ccccc56)c4)c4ccccc34)c2)cc1.c1ccc(-c2cccc(-c3c4ccccc4c(-c4ccccc4-c4ccc5ccc6cccc7ccc4c5c67)c4ccccc34)c2)cc1. The van der Waals surface area contributed by atoms with Crippen LogP contribution in [0.25, 0.3) is 274 Å². The van der Waals surface area contributed by atoms with Crippen LogP contribution in [0.1, 0.15) is 0 Å². The Morgan fingerprint density at radius 3 is 0.707 bits per heavy atom. The summed E-state index contributed by atoms with van der Waals surface area (Å²) in [5, 5.41) is 33.3. The molecule has 0 heterocycles. The Balaban J connectivity index is 0.000000108. The van der Waals surface area contributed by atoms with Crippen LogP contribution in [0, 0.1) is 0 Å². The Morgan fingerprint density at radius 1 is 0.0786 bits per heavy atom. The zero-order valence-electron chi connectivity index (χ0n) is 77.0. The summed E-state index contributed by atoms with van der Waals surface area (Å²) in [5.74, 6) is 0. The third-order valence-electron chi connectivity index (χ3n) is 29.1. The van der Waals surface area contributed by atoms with Crippen molar-refractivity contribution >= 4 is 140 Å². The molecule has 0 unspecified atom stereocenters. The standard InChI is InChI=1S/C48H30.2C46H30/c1-2-12-31(13-3-1)35-16-11-17-36(30-35)46-40-20-6-8-22-42(40)48(43-23-9-7-21-41(43)46)39-19-5-4-18-37(39)38-28-26-34-25-24-32-14-10-15-33-27-29-44(38)47(34)45(32)33;1-2-14-31(15-3-1)32-17-12-19-35(28-32)45-40-24-8-10-26-42(40)46(43-27-11-9-25-41(43)45)36-20-13-18-33(29-36)44-30-34-16-4-5-21-37(34)38-22-6-7-23-39(38)44;1-2-13-31(14-3-1)34-16-12-17-36(29-34)46-42-23-10-8-21-40(42)45(41-22-9-11-24-43(41)46)33-27-25-32(26-28-33)44-30-35-15-4-5-18-37(35)38-19-6-7-20-39(38)44/h1-30H;2*1-30H. The summed E-state index contributed by atoms with van der Waals surface area (Å²) in [4.78, 5) is 0. The molecule has 0 amide bonds. The minimum absolute atomic E-state index is 1.23. The maximum absolute atomic E-state index is 2.39. The van der Waals surface area contributed by atoms with Crippen LogP contribution in [-0.4, -0.2) is 0 Å². The van der Waals surface area contributed by atoms with Crippen LogP contribution in [0.15, 0.2) is 546 Å². The second-order valence-electron chi connectivity index (χ2n) is 36.9. The van der Waals surface area contributed by atoms with Crippen molar-refractivity contribution in [3.8, 4) is 134 Å². The minimum atomic E-state index is 1.23. The highest BCUT2D eigenvalue weighted by molar-refractivity contribution is 6.29. The van der Waals surface area contributed by atoms with Gasteiger partial charge in [0.25, 0.3) is 0 Å². The third-order valence-corrected chi connectivity index (χ3v) is 29.1. The van der Waals surface area contributed by atoms with Gasteiger partial charge < -0.3 is 0 Å². The van der Waals surface area contributed by atoms with E-state index in [1.807, 2.05) is 0 Å². The number of hydrogen-bond acceptors (Lipinski definition) is 0. The first-order valence-corrected chi connectivity index (χ1v) is 48.6. The maximum Gasteiger partial charge on any atom is -0.00201 e. The molecule has 0 bridgehead atoms. The molecule has 0 nitrogen and oxygen atoms in total. The number of fused-ring (bicyclic) bond motifs is 12. The van der Waals surface area contributed by atoms with E-state index in [2.05, 4.69) is 546 Å². The molecule has 0 aliphatic carbocycles. The van der Waals surface area contributed by atoms with E-state index in [1.54, 1.807) is 0 Å². The molecule has 28 aromatic carbocycles. The second kappa shape index (κ2) is 35.2. The van der Waals surface area contributed by atoms with Gasteiger partial charge in [0.2, 0.25) is 0 Å². The van der Waals surface area contributed by atoms with Crippen molar-refractivity contribution in [3.05, 3.63) is 546 Å². The molecular weight excluding hydrogens is 1680 g/mol. The number of rotatable bonds is 12. The van der Waals surface area contributed by atoms with Crippen molar-refractivity contribution in [2.75, 3.05) is 0 Å². The summed E-state index contributed by atoms with van der Waals surface area (Å²) in [7, 11) is 0. The zero-order chi connectivity index (χ0) is 92.5. The van der Waals surface area contributed by atoms with Crippen molar-refractivity contribution < 1.29 is 0 Å². The average Bonchev–Trinajstić information content (AvgIpc) is 0.733. The lowest BCUT2D eigenvalue weighted by Gasteiger charge is -2.21. The van der Waals surface area contributed by atoms with E-state index in [0.29, 0.717) is 0 Å². The molecule has 140 heavy (non-hydrogen) atoms. The molecule has 0 aliphatic rings. The molecule has 0 atom stereocenters. The third kappa shape index (κ3) is 14.5. The van der Waals surface area contributed by atoms with Crippen molar-refractivity contribution in [2.24, 2.45) is 0 Å². The molecule has 0 saturated heterocycles. The lowest BCUT2D eigenvalue weighted by Crippen LogP contribution is -1.93. The van der Waals surface area contributed by atoms with E-state index in [-0.39, 0.29) is 0 Å². The highest BCUT2D eigenvalue weighted by atomic mass is 14.3. The Hall–Kier alpha value is -18.2. The Bertz CT molecular complexity index is 9540. The first-order valence-electron chi connectivity index (χ1n) is 48.6. The van der Waals surface area contributed by atoms with E-state index < -0.39 is 0 Å². The predicted molar refractivity (Wildman–Crippen MR) is 603 cm³/mol. The lowest BCUT2D eigenvalue weighted by molar-refractivity contribution is 1.61. The van der Waals surface area contributed by atoms with Gasteiger partial charge in [0.1, 0.15) is 0 Å². The fourth-order valence-electron chi connectivity index (χ4n) is 22.8. The van der Waals surface area contributed by atoms with Crippen molar-refractivity contribution in [2.45, 2.75) is 0 Å². The average molecular weight is 1770 g/mol. The molecule has 0 spiro atoms. The van der Waals surface area contributed by atoms with Gasteiger partial charge in [-0.15, -0.1) is 0 Å². The van der Waals surface area contributed by atoms with Gasteiger partial charge in [-0.25, -0.2) is 0 Å². The maximum atomic E-state index is 2.39. The van der Waals surface area contributed by atoms with Gasteiger partial charge in [0.15, 0.2) is 0 Å². The van der Waals surface area contributed by atoms with Crippen LogP contribution >= 0.6 is 0 Å². The Morgan fingerprint density at radius 2 is 0.321 bits per heavy atom. The van der Waals surface area contributed by atoms with Crippen molar-refractivity contribution in [1.82, 2.24) is 0 Å². The molecule has 0 aliphatic heterocycles. The summed E-state index contributed by atoms with van der Waals surface area (Å²) >= 11 is 0. The van der Waals surface area contributed by atoms with E-state index in [4.69, 9.17) is 0 Å². The summed E-state index contributed by atoms with van der Waals surface area (Å²) < 4.78 is 0. The van der Waals surface area contributed by atoms with E-state index in [1.165, 1.54) is 274 Å². The molecule has 0 heteroatoms. The van der Waals surface area contributed by atoms with Gasteiger partial charge in [0, 0.05) is 0 Å². The molecule has 0 radical (unpaired) electrons. The van der Waals surface area contributed by atoms with Crippen LogP contribution < -0.4 is 0 Å². The Labute approximate surface area is 813 Å². The van der Waals surface area contributed by atoms with Gasteiger partial charge in [-0.1, -0.05) is 510 Å². The van der Waals surface area contributed by atoms with Gasteiger partial charge in [-0.2, -0.15) is 0 Å². The molecular formula is C140H90. The van der Waals surface area contributed by atoms with Gasteiger partial charge in [0.05, 0.1) is 0 Å². The molecule has 28 aromatic rings. The molecule has 28 rings (SSSR count). The number of benzene rings is 28. The first kappa shape index (κ1) is 82.5. The van der Waals surface area contributed by atoms with Gasteiger partial charge in [-0.05, 0) is 310 Å². The van der Waals surface area contributed by atoms with E-state index in [9.17, 15) is 0 Å². The quantitative estimate of drug-likeness (QED) is 0.0845. The molecule has 650 valence electrons. The highest BCUT2D eigenvalue weighted by Gasteiger charge is 2.25. The molecule has 0 N–H and O–H groups in total. The summed E-state index contributed by atoms with van der Waals surface area (Å²) in [6, 6.07) is 200. The van der Waals surface area contributed by atoms with Crippen LogP contribution in [0.3, 0.4) is 0 Å². The van der Waals surface area contributed by atoms with Gasteiger partial charge >= 0.3 is 0 Å². The molecule has 0 fully saturated rings. The topological polar surface area (TPSA) is 0 Å². The highest BCUT2D eigenvalue weighted by Crippen LogP contribution is 2.53. The summed E-state index contributed by atoms with van der Waals surface area (Å²) in [6.45, 7) is 0. The lowest BCUT2D eigenvalue weighted by atomic mass is 9.82.